The number of H-pyrrole nitrogens is 4. The first kappa shape index (κ1) is 85.5. The van der Waals surface area contributed by atoms with Gasteiger partial charge in [0, 0.05) is 88.8 Å². The molecule has 0 aliphatic rings. The van der Waals surface area contributed by atoms with Gasteiger partial charge in [-0.15, -0.1) is 5.10 Å². The van der Waals surface area contributed by atoms with Crippen molar-refractivity contribution < 1.29 is 63.0 Å². The third-order valence-corrected chi connectivity index (χ3v) is 18.5. The molecule has 0 unspecified atom stereocenters. The zero-order valence-corrected chi connectivity index (χ0v) is 68.3. The number of phenols is 2. The normalized spacial score (nSPS) is 11.6. The van der Waals surface area contributed by atoms with E-state index in [1.807, 2.05) is 180 Å². The molecule has 0 spiro atoms. The molecule has 0 aliphatic heterocycles. The van der Waals surface area contributed by atoms with Crippen molar-refractivity contribution >= 4 is 96.1 Å². The van der Waals surface area contributed by atoms with E-state index in [9.17, 15) is 39.0 Å². The molecule has 118 heavy (non-hydrogen) atoms. The van der Waals surface area contributed by atoms with Gasteiger partial charge in [0.1, 0.15) is 29.0 Å². The molecule has 610 valence electrons. The molecule has 0 saturated heterocycles. The molecule has 5 heterocycles. The number of nitrogens with one attached hydrogen (secondary N) is 6. The molecule has 0 bridgehead atoms. The minimum atomic E-state index is -0.465. The van der Waals surface area contributed by atoms with Crippen LogP contribution in [0.5, 0.6) is 17.2 Å². The number of phenolic OH excluding ortho intramolecular Hbond substituents is 2. The van der Waals surface area contributed by atoms with E-state index in [2.05, 4.69) is 60.8 Å². The van der Waals surface area contributed by atoms with Gasteiger partial charge in [0.25, 0.3) is 11.8 Å². The number of nitrogen functional groups attached to an aromatic ring is 1. The third-order valence-electron chi connectivity index (χ3n) is 18.5. The number of aliphatic hydroxyl groups excluding tert-OH is 1. The lowest BCUT2D eigenvalue weighted by Crippen LogP contribution is -2.20. The van der Waals surface area contributed by atoms with E-state index in [0.717, 1.165) is 72.2 Å². The van der Waals surface area contributed by atoms with Gasteiger partial charge in [-0.1, -0.05) is 88.3 Å². The van der Waals surface area contributed by atoms with E-state index in [0.29, 0.717) is 114 Å². The number of anilines is 3. The van der Waals surface area contributed by atoms with Crippen LogP contribution in [0.25, 0.3) is 89.7 Å². The quantitative estimate of drug-likeness (QED) is 0.0153. The summed E-state index contributed by atoms with van der Waals surface area (Å²) in [5.41, 5.74) is 19.0. The van der Waals surface area contributed by atoms with Crippen LogP contribution in [0.2, 0.25) is 0 Å². The Hall–Kier alpha value is -13.3. The van der Waals surface area contributed by atoms with Gasteiger partial charge in [0.15, 0.2) is 40.3 Å². The number of carbonyl (C=O) groups excluding carboxylic acids is 6. The van der Waals surface area contributed by atoms with Crippen LogP contribution in [0.4, 0.5) is 17.1 Å². The molecule has 9 aromatic carbocycles. The maximum Gasteiger partial charge on any atom is 0.277 e. The average Bonchev–Trinajstić information content (AvgIpc) is 1.69. The molecular weight excluding hydrogens is 1500 g/mol. The lowest BCUT2D eigenvalue weighted by atomic mass is 9.86. The highest BCUT2D eigenvalue weighted by Crippen LogP contribution is 2.35. The average molecular weight is 1600 g/mol. The van der Waals surface area contributed by atoms with E-state index in [4.69, 9.17) is 29.8 Å². The Morgan fingerprint density at radius 3 is 1.12 bits per heavy atom. The van der Waals surface area contributed by atoms with Crippen LogP contribution in [0.1, 0.15) is 145 Å². The Kier molecular flexibility index (Phi) is 26.9. The van der Waals surface area contributed by atoms with E-state index in [1.165, 1.54) is 7.11 Å². The summed E-state index contributed by atoms with van der Waals surface area (Å²) in [6, 6.07) is 55.4. The molecule has 0 atom stereocenters. The lowest BCUT2D eigenvalue weighted by molar-refractivity contribution is 0.00628. The summed E-state index contributed by atoms with van der Waals surface area (Å²) >= 11 is 0. The topological polar surface area (TPSA) is 396 Å². The molecule has 2 amide bonds. The molecule has 0 fully saturated rings. The van der Waals surface area contributed by atoms with Crippen LogP contribution < -0.4 is 21.1 Å². The summed E-state index contributed by atoms with van der Waals surface area (Å²) in [5.74, 6) is 3.21. The number of nitrogens with two attached hydrogens (primary N) is 1. The fourth-order valence-electron chi connectivity index (χ4n) is 12.1. The number of aliphatic hydroxyl groups is 1. The Labute approximate surface area is 682 Å². The predicted molar refractivity (Wildman–Crippen MR) is 457 cm³/mol. The number of aromatic amines is 4. The molecule has 0 saturated carbocycles. The Bertz CT molecular complexity index is 5890. The van der Waals surface area contributed by atoms with Crippen LogP contribution in [-0.4, -0.2) is 158 Å². The van der Waals surface area contributed by atoms with Crippen molar-refractivity contribution in [3.05, 3.63) is 228 Å². The number of aromatic nitrogens is 11. The van der Waals surface area contributed by atoms with E-state index in [1.54, 1.807) is 102 Å². The van der Waals surface area contributed by atoms with Crippen LogP contribution in [0, 0.1) is 21.7 Å². The van der Waals surface area contributed by atoms with Crippen molar-refractivity contribution in [2.75, 3.05) is 69.7 Å². The first-order valence-electron chi connectivity index (χ1n) is 38.4. The van der Waals surface area contributed by atoms with Gasteiger partial charge < -0.3 is 70.6 Å². The summed E-state index contributed by atoms with van der Waals surface area (Å²) in [7, 11) is 1.50. The third kappa shape index (κ3) is 22.2. The summed E-state index contributed by atoms with van der Waals surface area (Å²) in [5, 5.41) is 41.3. The zero-order valence-electron chi connectivity index (χ0n) is 68.3. The number of carbonyl (C=O) groups is 6. The number of fused-ring (bicyclic) bond motifs is 4. The van der Waals surface area contributed by atoms with Crippen molar-refractivity contribution in [2.45, 2.75) is 89.6 Å². The van der Waals surface area contributed by atoms with E-state index < -0.39 is 21.7 Å². The fraction of sp³-hybridized carbons (Fsp3) is 0.275. The molecule has 14 aromatic rings. The number of imidazole rings is 4. The van der Waals surface area contributed by atoms with Crippen LogP contribution >= 0.6 is 0 Å². The second kappa shape index (κ2) is 37.1. The van der Waals surface area contributed by atoms with Gasteiger partial charge in [0.2, 0.25) is 0 Å². The summed E-state index contributed by atoms with van der Waals surface area (Å²) in [6.07, 6.45) is 1.56. The number of nitrogens with zero attached hydrogens (tertiary/aromatic N) is 7. The first-order chi connectivity index (χ1) is 56.1. The molecule has 27 nitrogen and oxygen atoms in total. The largest absolute Gasteiger partial charge is 0.508 e. The number of benzene rings is 9. The van der Waals surface area contributed by atoms with Crippen molar-refractivity contribution in [1.82, 2.24) is 54.9 Å². The fourth-order valence-corrected chi connectivity index (χ4v) is 12.1. The van der Waals surface area contributed by atoms with Crippen LogP contribution in [-0.2, 0) is 20.8 Å². The number of methoxy groups -OCH3 is 1. The van der Waals surface area contributed by atoms with Gasteiger partial charge in [0.05, 0.1) is 110 Å². The maximum absolute atomic E-state index is 12.7. The molecular formula is C91H98N14O13. The molecule has 0 radical (unpaired) electrons. The Morgan fingerprint density at radius 2 is 0.746 bits per heavy atom. The highest BCUT2D eigenvalue weighted by molar-refractivity contribution is 6.07. The van der Waals surface area contributed by atoms with Gasteiger partial charge in [-0.05, 0) is 188 Å². The van der Waals surface area contributed by atoms with Gasteiger partial charge in [-0.2, -0.15) is 0 Å². The number of ketones is 4. The first-order valence-corrected chi connectivity index (χ1v) is 38.4. The molecule has 11 N–H and O–H groups in total. The number of hydrogen-bond acceptors (Lipinski definition) is 20. The van der Waals surface area contributed by atoms with Crippen LogP contribution in [0.15, 0.2) is 194 Å². The molecule has 14 rings (SSSR count). The zero-order chi connectivity index (χ0) is 84.8. The molecule has 5 aromatic heterocycles. The monoisotopic (exact) mass is 1590 g/mol. The minimum Gasteiger partial charge on any atom is -0.508 e. The van der Waals surface area contributed by atoms with Crippen molar-refractivity contribution in [3.63, 3.8) is 0 Å². The number of rotatable bonds is 24. The number of hydrogen-bond donors (Lipinski definition) is 10. The second-order valence-electron chi connectivity index (χ2n) is 32.1. The predicted octanol–water partition coefficient (Wildman–Crippen LogP) is 17.0. The number of ether oxygens (including phenoxy) is 4. The van der Waals surface area contributed by atoms with Gasteiger partial charge in [-0.25, -0.2) is 24.6 Å². The second-order valence-corrected chi connectivity index (χ2v) is 32.1. The van der Waals surface area contributed by atoms with E-state index in [-0.39, 0.29) is 58.7 Å². The number of amides is 2. The summed E-state index contributed by atoms with van der Waals surface area (Å²) in [4.78, 5) is 106. The smallest absolute Gasteiger partial charge is 0.277 e. The van der Waals surface area contributed by atoms with Crippen molar-refractivity contribution in [2.24, 2.45) is 21.7 Å². The van der Waals surface area contributed by atoms with Gasteiger partial charge in [-0.3, -0.25) is 28.8 Å². The highest BCUT2D eigenvalue weighted by Gasteiger charge is 2.28. The van der Waals surface area contributed by atoms with E-state index >= 15 is 0 Å². The molecule has 27 heteroatoms. The van der Waals surface area contributed by atoms with Gasteiger partial charge >= 0.3 is 0 Å². The van der Waals surface area contributed by atoms with Crippen LogP contribution in [0.3, 0.4) is 0 Å². The van der Waals surface area contributed by atoms with Crippen molar-refractivity contribution in [1.29, 1.82) is 0 Å². The summed E-state index contributed by atoms with van der Waals surface area (Å²) in [6.45, 7) is 25.7. The highest BCUT2D eigenvalue weighted by atomic mass is 16.5. The minimum absolute atomic E-state index is 0.00260. The lowest BCUT2D eigenvalue weighted by Gasteiger charge is -2.16. The maximum atomic E-state index is 12.7. The van der Waals surface area contributed by atoms with Crippen molar-refractivity contribution in [3.8, 4) is 62.8 Å². The molecule has 0 aliphatic carbocycles. The standard InChI is InChI=1S/C29H36N6O6.C25H24N4O2.C19H20N2O3.C18H18N2O2/c1-29(2,3)26(37)21-6-9-23-24(18-21)32-27(31-23)20-4-7-22(8-5-20)30-28(38)25-19-35(34-33-25)10-12-39-14-16-41-17-15-40-13-11-36;1-25(2,3)22(30)17-8-13-20-21(14-17)29-23(28-20)15-6-11-19(12-7-15)27-24(31)16-4-9-18(26)10-5-16;1-19(2,3)17(23)11-5-7-13-14(9-11)21-18(20-13)12-6-8-15(22)16(10-12)24-4;1-18(2,3)16(22)12-6-9-14-15(10-12)20-17(19-14)11-4-7-13(21)8-5-11/h4-9,18-19,36H,10-17H2,1-3H3,(H,30,38)(H,31,32);4-14H,26H2,1-3H3,(H,27,31)(H,28,29);5-10,22H,1-4H3,(H,20,21);4-10,21H,1-3H3,(H,19,20). The number of Topliss-reactive ketones (excluding diaryl/α,β-unsaturated/α-hetero) is 4. The SMILES string of the molecule is CC(C)(C)C(=O)c1ccc2nc(-c3ccc(NC(=O)c4ccc(N)cc4)cc3)[nH]c2c1.CC(C)(C)C(=O)c1ccc2nc(-c3ccc(NC(=O)c4cn(CCOCCOCCOCCO)nn4)cc3)[nH]c2c1.CC(C)(C)C(=O)c1ccc2nc(-c3ccc(O)cc3)[nH]c2c1.COc1cc(-c2nc3ccc(C(=O)C(C)(C)C)cc3[nH]2)ccc1O. The summed E-state index contributed by atoms with van der Waals surface area (Å²) < 4.78 is 22.6. The number of aromatic hydroxyl groups is 2. The Balaban J connectivity index is 0.000000159. The Morgan fingerprint density at radius 1 is 0.407 bits per heavy atom.